The summed E-state index contributed by atoms with van der Waals surface area (Å²) in [5.41, 5.74) is -0.0349. The van der Waals surface area contributed by atoms with Gasteiger partial charge in [-0.05, 0) is 18.5 Å². The van der Waals surface area contributed by atoms with Crippen molar-refractivity contribution in [3.8, 4) is 0 Å². The van der Waals surface area contributed by atoms with Crippen LogP contribution in [0.1, 0.15) is 33.6 Å². The Labute approximate surface area is 187 Å². The highest BCUT2D eigenvalue weighted by molar-refractivity contribution is 6.76. The van der Waals surface area contributed by atoms with Gasteiger partial charge in [-0.2, -0.15) is 0 Å². The molecule has 8 heteroatoms. The monoisotopic (exact) mass is 456 g/mol. The highest BCUT2D eigenvalue weighted by Crippen LogP contribution is 2.51. The first-order valence-corrected chi connectivity index (χ1v) is 14.8. The first-order chi connectivity index (χ1) is 14.4. The second kappa shape index (κ2) is 10.7. The van der Waals surface area contributed by atoms with Crippen LogP contribution in [0, 0.1) is 17.8 Å². The first kappa shape index (κ1) is 26.2. The fourth-order valence-corrected chi connectivity index (χ4v) is 5.46. The average Bonchev–Trinajstić information content (AvgIpc) is 2.93. The largest absolute Gasteiger partial charge is 0.458 e. The van der Waals surface area contributed by atoms with Crippen molar-refractivity contribution < 1.29 is 33.3 Å². The number of carbonyl (C=O) groups excluding carboxylic acids is 2. The van der Waals surface area contributed by atoms with Crippen molar-refractivity contribution in [1.82, 2.24) is 0 Å². The maximum absolute atomic E-state index is 12.7. The topological polar surface area (TPSA) is 80.3 Å². The normalized spacial score (nSPS) is 33.8. The van der Waals surface area contributed by atoms with E-state index in [9.17, 15) is 9.59 Å². The molecule has 6 atom stereocenters. The van der Waals surface area contributed by atoms with E-state index in [2.05, 4.69) is 26.2 Å². The molecule has 31 heavy (non-hydrogen) atoms. The number of hydrogen-bond donors (Lipinski definition) is 0. The van der Waals surface area contributed by atoms with Crippen molar-refractivity contribution in [3.63, 3.8) is 0 Å². The molecule has 0 aliphatic heterocycles. The van der Waals surface area contributed by atoms with Crippen molar-refractivity contribution in [3.05, 3.63) is 12.2 Å². The number of fused-ring (bicyclic) bond motifs is 1. The molecule has 0 unspecified atom stereocenters. The molecular formula is C23H40O7Si. The van der Waals surface area contributed by atoms with E-state index >= 15 is 0 Å². The van der Waals surface area contributed by atoms with Crippen LogP contribution in [0.5, 0.6) is 0 Å². The summed E-state index contributed by atoms with van der Waals surface area (Å²) in [6.07, 6.45) is -0.183. The van der Waals surface area contributed by atoms with E-state index in [1.165, 1.54) is 6.92 Å². The fourth-order valence-electron chi connectivity index (χ4n) is 4.71. The minimum atomic E-state index is -1.19. The minimum Gasteiger partial charge on any atom is -0.458 e. The number of esters is 1. The van der Waals surface area contributed by atoms with Crippen molar-refractivity contribution in [1.29, 1.82) is 0 Å². The third kappa shape index (κ3) is 6.71. The first-order valence-electron chi connectivity index (χ1n) is 11.1. The van der Waals surface area contributed by atoms with Gasteiger partial charge in [0.15, 0.2) is 0 Å². The Balaban J connectivity index is 2.25. The van der Waals surface area contributed by atoms with E-state index < -0.39 is 31.9 Å². The predicted octanol–water partition coefficient (Wildman–Crippen LogP) is 3.80. The number of ether oxygens (including phenoxy) is 5. The molecule has 2 fully saturated rings. The second-order valence-electron chi connectivity index (χ2n) is 10.3. The van der Waals surface area contributed by atoms with Crippen LogP contribution in [0.25, 0.3) is 0 Å². The number of methoxy groups -OCH3 is 1. The summed E-state index contributed by atoms with van der Waals surface area (Å²) in [4.78, 5) is 24.6. The molecule has 0 N–H and O–H groups in total. The lowest BCUT2D eigenvalue weighted by Gasteiger charge is -2.38. The van der Waals surface area contributed by atoms with Crippen molar-refractivity contribution in [2.45, 2.75) is 77.1 Å². The fraction of sp³-hybridized carbons (Fsp3) is 0.826. The average molecular weight is 457 g/mol. The Bertz CT molecular complexity index is 659. The lowest BCUT2D eigenvalue weighted by atomic mass is 9.76. The number of Topliss-reactive ketones (excluding diaryl/α,β-unsaturated/α-hetero) is 1. The highest BCUT2D eigenvalue weighted by Gasteiger charge is 2.57. The van der Waals surface area contributed by atoms with E-state index in [4.69, 9.17) is 23.7 Å². The zero-order valence-electron chi connectivity index (χ0n) is 20.2. The van der Waals surface area contributed by atoms with Crippen molar-refractivity contribution in [2.75, 3.05) is 27.3 Å². The van der Waals surface area contributed by atoms with Crippen LogP contribution in [0.3, 0.4) is 0 Å². The molecule has 0 heterocycles. The molecule has 0 aromatic rings. The van der Waals surface area contributed by atoms with Crippen molar-refractivity contribution >= 4 is 19.8 Å². The number of ketones is 1. The summed E-state index contributed by atoms with van der Waals surface area (Å²) in [7, 11) is 0.383. The molecule has 2 rings (SSSR count). The zero-order valence-corrected chi connectivity index (χ0v) is 21.2. The zero-order chi connectivity index (χ0) is 23.4. The molecule has 2 aliphatic rings. The van der Waals surface area contributed by atoms with Crippen LogP contribution >= 0.6 is 0 Å². The molecule has 178 valence electrons. The Morgan fingerprint density at radius 1 is 1.26 bits per heavy atom. The van der Waals surface area contributed by atoms with Crippen LogP contribution in [0.2, 0.25) is 25.7 Å². The van der Waals surface area contributed by atoms with Crippen LogP contribution in [0.15, 0.2) is 12.2 Å². The van der Waals surface area contributed by atoms with Crippen LogP contribution in [0.4, 0.5) is 0 Å². The molecule has 0 aromatic carbocycles. The van der Waals surface area contributed by atoms with E-state index in [0.717, 1.165) is 6.04 Å². The molecule has 0 spiro atoms. The lowest BCUT2D eigenvalue weighted by molar-refractivity contribution is -0.175. The van der Waals surface area contributed by atoms with Gasteiger partial charge in [0.25, 0.3) is 0 Å². The second-order valence-corrected chi connectivity index (χ2v) is 15.9. The van der Waals surface area contributed by atoms with Crippen LogP contribution in [-0.2, 0) is 33.3 Å². The van der Waals surface area contributed by atoms with Gasteiger partial charge in [-0.15, -0.1) is 0 Å². The lowest BCUT2D eigenvalue weighted by Crippen LogP contribution is -2.43. The quantitative estimate of drug-likeness (QED) is 0.163. The van der Waals surface area contributed by atoms with Crippen LogP contribution in [-0.4, -0.2) is 64.9 Å². The maximum atomic E-state index is 12.7. The molecule has 0 aromatic heterocycles. The van der Waals surface area contributed by atoms with E-state index in [1.807, 2.05) is 13.8 Å². The standard InChI is InChI=1S/C23H40O7Si/c1-15-19(25)11-18-21(15)22(30-17(3)24)16(2)20(12-23(18,4)29-13-26-5)28-14-27-9-10-31(6,7)8/h15,18,20-22H,2,9-14H2,1,3-8H3/t15-,18-,20-,21+,22+,23-/m0/s1. The van der Waals surface area contributed by atoms with E-state index in [-0.39, 0.29) is 37.1 Å². The van der Waals surface area contributed by atoms with Crippen molar-refractivity contribution in [2.24, 2.45) is 17.8 Å². The van der Waals surface area contributed by atoms with Gasteiger partial charge >= 0.3 is 5.97 Å². The maximum Gasteiger partial charge on any atom is 0.303 e. The molecule has 0 radical (unpaired) electrons. The van der Waals surface area contributed by atoms with E-state index in [0.29, 0.717) is 25.0 Å². The third-order valence-electron chi connectivity index (χ3n) is 6.62. The summed E-state index contributed by atoms with van der Waals surface area (Å²) in [5.74, 6) is -0.854. The molecule has 2 saturated carbocycles. The summed E-state index contributed by atoms with van der Waals surface area (Å²) in [5, 5.41) is 0. The minimum absolute atomic E-state index is 0.104. The molecule has 0 saturated heterocycles. The van der Waals surface area contributed by atoms with Gasteiger partial charge in [-0.3, -0.25) is 9.59 Å². The summed E-state index contributed by atoms with van der Waals surface area (Å²) < 4.78 is 28.9. The third-order valence-corrected chi connectivity index (χ3v) is 8.33. The summed E-state index contributed by atoms with van der Waals surface area (Å²) in [6, 6.07) is 1.05. The Hall–Kier alpha value is -1.06. The number of carbonyl (C=O) groups is 2. The molecular weight excluding hydrogens is 416 g/mol. The van der Waals surface area contributed by atoms with Gasteiger partial charge in [0, 0.05) is 59.3 Å². The summed E-state index contributed by atoms with van der Waals surface area (Å²) in [6.45, 7) is 17.3. The molecule has 2 aliphatic carbocycles. The van der Waals surface area contributed by atoms with Gasteiger partial charge in [0.1, 0.15) is 25.5 Å². The highest BCUT2D eigenvalue weighted by atomic mass is 28.3. The number of rotatable bonds is 10. The Kier molecular flexibility index (Phi) is 9.04. The molecule has 0 amide bonds. The Morgan fingerprint density at radius 3 is 2.52 bits per heavy atom. The predicted molar refractivity (Wildman–Crippen MR) is 120 cm³/mol. The molecule has 7 nitrogen and oxygen atoms in total. The van der Waals surface area contributed by atoms with Gasteiger partial charge < -0.3 is 23.7 Å². The Morgan fingerprint density at radius 2 is 1.94 bits per heavy atom. The van der Waals surface area contributed by atoms with Gasteiger partial charge in [-0.25, -0.2) is 0 Å². The summed E-state index contributed by atoms with van der Waals surface area (Å²) >= 11 is 0. The van der Waals surface area contributed by atoms with E-state index in [1.54, 1.807) is 7.11 Å². The van der Waals surface area contributed by atoms with Crippen LogP contribution < -0.4 is 0 Å². The smallest absolute Gasteiger partial charge is 0.303 e. The van der Waals surface area contributed by atoms with Gasteiger partial charge in [-0.1, -0.05) is 33.1 Å². The van der Waals surface area contributed by atoms with Gasteiger partial charge in [0.05, 0.1) is 11.7 Å². The SMILES string of the molecule is C=C1[C@@H](OCOCC[Si](C)(C)C)C[C@](C)(OCOC)[C@H]2CC(=O)[C@H](C)[C@H]2[C@@H]1OC(C)=O. The number of hydrogen-bond acceptors (Lipinski definition) is 7. The molecule has 0 bridgehead atoms. The van der Waals surface area contributed by atoms with Gasteiger partial charge in [0.2, 0.25) is 0 Å².